The summed E-state index contributed by atoms with van der Waals surface area (Å²) in [5.74, 6) is -0.163. The molecular formula is C18H28FN3O5S. The minimum atomic E-state index is -5.20. The molecule has 28 heavy (non-hydrogen) atoms. The first-order valence-corrected chi connectivity index (χ1v) is 10.4. The SMILES string of the molecule is Cc1c(CN2CCNCC2)cc(OS(=O)(=O)F)c(C)c1NC(=O)OC(C)(C)C. The van der Waals surface area contributed by atoms with Crippen molar-refractivity contribution in [1.29, 1.82) is 0 Å². The van der Waals surface area contributed by atoms with Gasteiger partial charge in [-0.05, 0) is 51.8 Å². The lowest BCUT2D eigenvalue weighted by molar-refractivity contribution is 0.0635. The molecule has 1 heterocycles. The molecule has 1 aromatic carbocycles. The van der Waals surface area contributed by atoms with Crippen LogP contribution in [0.1, 0.15) is 37.5 Å². The van der Waals surface area contributed by atoms with E-state index in [0.29, 0.717) is 17.8 Å². The molecular weight excluding hydrogens is 389 g/mol. The average molecular weight is 418 g/mol. The first kappa shape index (κ1) is 22.4. The van der Waals surface area contributed by atoms with E-state index in [1.165, 1.54) is 6.07 Å². The molecule has 0 aliphatic carbocycles. The van der Waals surface area contributed by atoms with Crippen LogP contribution >= 0.6 is 0 Å². The summed E-state index contributed by atoms with van der Waals surface area (Å²) in [5.41, 5.74) is 1.42. The molecule has 1 aliphatic rings. The van der Waals surface area contributed by atoms with E-state index in [-0.39, 0.29) is 5.75 Å². The number of amides is 1. The Balaban J connectivity index is 2.40. The third-order valence-corrected chi connectivity index (χ3v) is 4.70. The molecule has 1 saturated heterocycles. The Kier molecular flexibility index (Phi) is 6.89. The Labute approximate surface area is 165 Å². The molecule has 0 saturated carbocycles. The summed E-state index contributed by atoms with van der Waals surface area (Å²) < 4.78 is 45.1. The number of carbonyl (C=O) groups excluding carboxylic acids is 1. The number of carbonyl (C=O) groups is 1. The van der Waals surface area contributed by atoms with E-state index in [1.807, 2.05) is 6.92 Å². The summed E-state index contributed by atoms with van der Waals surface area (Å²) in [4.78, 5) is 14.4. The Morgan fingerprint density at radius 3 is 2.39 bits per heavy atom. The number of hydrogen-bond acceptors (Lipinski definition) is 7. The van der Waals surface area contributed by atoms with Crippen LogP contribution < -0.4 is 14.8 Å². The highest BCUT2D eigenvalue weighted by molar-refractivity contribution is 7.81. The summed E-state index contributed by atoms with van der Waals surface area (Å²) in [5, 5.41) is 5.91. The fourth-order valence-corrected chi connectivity index (χ4v) is 3.39. The number of hydrogen-bond donors (Lipinski definition) is 2. The molecule has 158 valence electrons. The van der Waals surface area contributed by atoms with Crippen molar-refractivity contribution in [2.75, 3.05) is 31.5 Å². The molecule has 1 aliphatic heterocycles. The van der Waals surface area contributed by atoms with Gasteiger partial charge >= 0.3 is 16.6 Å². The maximum absolute atomic E-state index is 13.2. The van der Waals surface area contributed by atoms with Gasteiger partial charge in [-0.15, -0.1) is 0 Å². The quantitative estimate of drug-likeness (QED) is 0.711. The lowest BCUT2D eigenvalue weighted by Crippen LogP contribution is -2.43. The van der Waals surface area contributed by atoms with Crippen LogP contribution in [-0.2, 0) is 21.8 Å². The van der Waals surface area contributed by atoms with E-state index in [2.05, 4.69) is 19.7 Å². The van der Waals surface area contributed by atoms with E-state index < -0.39 is 22.2 Å². The lowest BCUT2D eigenvalue weighted by Gasteiger charge is -2.29. The smallest absolute Gasteiger partial charge is 0.444 e. The van der Waals surface area contributed by atoms with Crippen molar-refractivity contribution in [3.63, 3.8) is 0 Å². The largest absolute Gasteiger partial charge is 0.488 e. The standard InChI is InChI=1S/C18H28FN3O5S/c1-12-14(11-22-8-6-20-7-9-22)10-15(27-28(19,24)25)13(2)16(12)21-17(23)26-18(3,4)5/h10,20H,6-9,11H2,1-5H3,(H,21,23). The second-order valence-corrected chi connectivity index (χ2v) is 8.74. The van der Waals surface area contributed by atoms with Gasteiger partial charge in [0.05, 0.1) is 5.69 Å². The van der Waals surface area contributed by atoms with Crippen molar-refractivity contribution in [2.24, 2.45) is 0 Å². The van der Waals surface area contributed by atoms with Crippen molar-refractivity contribution in [3.05, 3.63) is 22.8 Å². The van der Waals surface area contributed by atoms with Crippen molar-refractivity contribution in [3.8, 4) is 5.75 Å². The van der Waals surface area contributed by atoms with Gasteiger partial charge in [-0.3, -0.25) is 10.2 Å². The number of nitrogens with one attached hydrogen (secondary N) is 2. The summed E-state index contributed by atoms with van der Waals surface area (Å²) in [6.07, 6.45) is -0.688. The van der Waals surface area contributed by atoms with Gasteiger partial charge in [-0.1, -0.05) is 3.89 Å². The predicted molar refractivity (Wildman–Crippen MR) is 105 cm³/mol. The molecule has 0 atom stereocenters. The predicted octanol–water partition coefficient (Wildman–Crippen LogP) is 2.65. The van der Waals surface area contributed by atoms with Crippen LogP contribution in [0.15, 0.2) is 6.07 Å². The minimum absolute atomic E-state index is 0.163. The highest BCUT2D eigenvalue weighted by atomic mass is 32.3. The van der Waals surface area contributed by atoms with Crippen LogP contribution in [0.4, 0.5) is 14.4 Å². The number of benzene rings is 1. The molecule has 1 amide bonds. The van der Waals surface area contributed by atoms with E-state index in [9.17, 15) is 17.1 Å². The maximum atomic E-state index is 13.2. The van der Waals surface area contributed by atoms with E-state index in [1.54, 1.807) is 27.7 Å². The average Bonchev–Trinajstić information content (AvgIpc) is 2.54. The van der Waals surface area contributed by atoms with Crippen molar-refractivity contribution in [1.82, 2.24) is 10.2 Å². The minimum Gasteiger partial charge on any atom is -0.444 e. The van der Waals surface area contributed by atoms with E-state index in [4.69, 9.17) is 4.74 Å². The zero-order valence-corrected chi connectivity index (χ0v) is 17.7. The van der Waals surface area contributed by atoms with Gasteiger partial charge in [0.1, 0.15) is 5.60 Å². The summed E-state index contributed by atoms with van der Waals surface area (Å²) >= 11 is 0. The molecule has 2 N–H and O–H groups in total. The summed E-state index contributed by atoms with van der Waals surface area (Å²) in [7, 11) is -5.20. The molecule has 0 aromatic heterocycles. The molecule has 0 spiro atoms. The third-order valence-electron chi connectivity index (χ3n) is 4.33. The lowest BCUT2D eigenvalue weighted by atomic mass is 10.0. The van der Waals surface area contributed by atoms with Crippen LogP contribution in [0, 0.1) is 13.8 Å². The molecule has 1 fully saturated rings. The molecule has 2 rings (SSSR count). The molecule has 0 bridgehead atoms. The first-order chi connectivity index (χ1) is 12.9. The van der Waals surface area contributed by atoms with Gasteiger partial charge in [0.2, 0.25) is 0 Å². The van der Waals surface area contributed by atoms with Gasteiger partial charge in [0, 0.05) is 38.3 Å². The Bertz CT molecular complexity index is 831. The number of piperazine rings is 1. The number of anilines is 1. The molecule has 0 unspecified atom stereocenters. The zero-order valence-electron chi connectivity index (χ0n) is 16.9. The summed E-state index contributed by atoms with van der Waals surface area (Å²) in [6.45, 7) is 12.4. The van der Waals surface area contributed by atoms with Crippen LogP contribution in [0.5, 0.6) is 5.75 Å². The van der Waals surface area contributed by atoms with Crippen LogP contribution in [0.2, 0.25) is 0 Å². The van der Waals surface area contributed by atoms with Crippen LogP contribution in [0.25, 0.3) is 0 Å². The highest BCUT2D eigenvalue weighted by Crippen LogP contribution is 2.34. The summed E-state index contributed by atoms with van der Waals surface area (Å²) in [6, 6.07) is 1.50. The fraction of sp³-hybridized carbons (Fsp3) is 0.611. The third kappa shape index (κ3) is 6.61. The fourth-order valence-electron chi connectivity index (χ4n) is 3.00. The van der Waals surface area contributed by atoms with Gasteiger partial charge in [-0.25, -0.2) is 4.79 Å². The second kappa shape index (κ2) is 8.62. The Hall–Kier alpha value is -1.91. The normalized spacial score (nSPS) is 15.9. The first-order valence-electron chi connectivity index (χ1n) is 9.06. The van der Waals surface area contributed by atoms with Crippen molar-refractivity contribution < 1.29 is 26.0 Å². The highest BCUT2D eigenvalue weighted by Gasteiger charge is 2.23. The zero-order chi connectivity index (χ0) is 21.1. The number of rotatable bonds is 5. The van der Waals surface area contributed by atoms with Crippen LogP contribution in [0.3, 0.4) is 0 Å². The van der Waals surface area contributed by atoms with Gasteiger partial charge in [0.15, 0.2) is 5.75 Å². The van der Waals surface area contributed by atoms with Crippen LogP contribution in [-0.4, -0.2) is 51.2 Å². The van der Waals surface area contributed by atoms with E-state index >= 15 is 0 Å². The Morgan fingerprint density at radius 1 is 1.25 bits per heavy atom. The molecule has 10 heteroatoms. The van der Waals surface area contributed by atoms with Crippen molar-refractivity contribution >= 4 is 22.3 Å². The number of nitrogens with zero attached hydrogens (tertiary/aromatic N) is 1. The van der Waals surface area contributed by atoms with Gasteiger partial charge < -0.3 is 14.2 Å². The molecule has 1 aromatic rings. The topological polar surface area (TPSA) is 97.0 Å². The monoisotopic (exact) mass is 417 g/mol. The molecule has 0 radical (unpaired) electrons. The van der Waals surface area contributed by atoms with Gasteiger partial charge in [0.25, 0.3) is 0 Å². The number of ether oxygens (including phenoxy) is 1. The maximum Gasteiger partial charge on any atom is 0.488 e. The Morgan fingerprint density at radius 2 is 1.86 bits per heavy atom. The van der Waals surface area contributed by atoms with E-state index in [0.717, 1.165) is 37.3 Å². The molecule has 8 nitrogen and oxygen atoms in total. The number of halogens is 1. The van der Waals surface area contributed by atoms with Crippen molar-refractivity contribution in [2.45, 2.75) is 46.8 Å². The second-order valence-electron chi connectivity index (χ2n) is 7.79. The van der Waals surface area contributed by atoms with Gasteiger partial charge in [-0.2, -0.15) is 8.42 Å².